The molecule has 0 atom stereocenters. The molecule has 7 nitrogen and oxygen atoms in total. The van der Waals surface area contributed by atoms with Crippen LogP contribution in [-0.4, -0.2) is 47.1 Å². The number of aromatic nitrogens is 1. The maximum atomic E-state index is 12.8. The fourth-order valence-corrected chi connectivity index (χ4v) is 3.36. The molecule has 0 aliphatic carbocycles. The first kappa shape index (κ1) is 20.5. The molecule has 2 aromatic carbocycles. The molecule has 2 N–H and O–H groups in total. The summed E-state index contributed by atoms with van der Waals surface area (Å²) in [6.07, 6.45) is 0. The predicted octanol–water partition coefficient (Wildman–Crippen LogP) is 3.04. The van der Waals surface area contributed by atoms with Gasteiger partial charge in [0.25, 0.3) is 11.8 Å². The Hall–Kier alpha value is -3.23. The van der Waals surface area contributed by atoms with Gasteiger partial charge in [0.2, 0.25) is 0 Å². The summed E-state index contributed by atoms with van der Waals surface area (Å²) in [5, 5.41) is 13.9. The minimum atomic E-state index is -0.322. The zero-order chi connectivity index (χ0) is 20.6. The first-order valence-electron chi connectivity index (χ1n) is 8.95. The number of carbonyl (C=O) groups is 2. The Bertz CT molecular complexity index is 958. The summed E-state index contributed by atoms with van der Waals surface area (Å²) in [6, 6.07) is 16.2. The van der Waals surface area contributed by atoms with Crippen molar-refractivity contribution in [2.75, 3.05) is 25.6 Å². The minimum absolute atomic E-state index is 0.149. The van der Waals surface area contributed by atoms with Gasteiger partial charge in [0.05, 0.1) is 13.7 Å². The number of hydrogen-bond donors (Lipinski definition) is 2. The summed E-state index contributed by atoms with van der Waals surface area (Å²) < 4.78 is 5.08. The second-order valence-corrected chi connectivity index (χ2v) is 7.01. The monoisotopic (exact) mass is 411 g/mol. The van der Waals surface area contributed by atoms with Crippen LogP contribution in [0.25, 0.3) is 0 Å². The summed E-state index contributed by atoms with van der Waals surface area (Å²) in [5.41, 5.74) is 1.64. The summed E-state index contributed by atoms with van der Waals surface area (Å²) in [7, 11) is 1.56. The van der Waals surface area contributed by atoms with Crippen LogP contribution in [0.1, 0.15) is 26.4 Å². The van der Waals surface area contributed by atoms with Gasteiger partial charge in [0.1, 0.15) is 11.4 Å². The molecule has 3 aromatic rings. The van der Waals surface area contributed by atoms with Crippen molar-refractivity contribution in [3.63, 3.8) is 0 Å². The first-order chi connectivity index (χ1) is 14.1. The molecule has 0 saturated heterocycles. The number of aliphatic hydroxyl groups excluding tert-OH is 1. The standard InChI is InChI=1S/C21H21N3O4S/c1-28-17-9-7-16(8-10-17)19(26)23-21-22-18(14-29-21)20(27)24(11-12-25)13-15-5-3-2-4-6-15/h2-10,14,25H,11-13H2,1H3,(H,22,23,26). The van der Waals surface area contributed by atoms with Crippen LogP contribution in [0.15, 0.2) is 60.0 Å². The van der Waals surface area contributed by atoms with Crippen molar-refractivity contribution in [1.82, 2.24) is 9.88 Å². The molecule has 0 unspecified atom stereocenters. The minimum Gasteiger partial charge on any atom is -0.497 e. The number of thiazole rings is 1. The van der Waals surface area contributed by atoms with Gasteiger partial charge in [0, 0.05) is 24.0 Å². The number of ether oxygens (including phenoxy) is 1. The molecule has 0 aliphatic heterocycles. The zero-order valence-corrected chi connectivity index (χ0v) is 16.7. The van der Waals surface area contributed by atoms with E-state index in [1.807, 2.05) is 30.3 Å². The molecule has 150 valence electrons. The number of rotatable bonds is 8. The molecule has 1 aromatic heterocycles. The zero-order valence-electron chi connectivity index (χ0n) is 15.9. The first-order valence-corrected chi connectivity index (χ1v) is 9.83. The van der Waals surface area contributed by atoms with E-state index in [0.29, 0.717) is 23.0 Å². The van der Waals surface area contributed by atoms with Gasteiger partial charge < -0.3 is 14.7 Å². The third kappa shape index (κ3) is 5.40. The molecule has 29 heavy (non-hydrogen) atoms. The quantitative estimate of drug-likeness (QED) is 0.594. The summed E-state index contributed by atoms with van der Waals surface area (Å²) in [5.74, 6) is 0.0349. The van der Waals surface area contributed by atoms with E-state index in [1.54, 1.807) is 36.8 Å². The second kappa shape index (κ2) is 9.81. The summed E-state index contributed by atoms with van der Waals surface area (Å²) >= 11 is 1.17. The molecule has 2 amide bonds. The van der Waals surface area contributed by atoms with E-state index >= 15 is 0 Å². The SMILES string of the molecule is COc1ccc(C(=O)Nc2nc(C(=O)N(CCO)Cc3ccccc3)cs2)cc1. The maximum Gasteiger partial charge on any atom is 0.273 e. The van der Waals surface area contributed by atoms with Crippen molar-refractivity contribution in [2.24, 2.45) is 0 Å². The van der Waals surface area contributed by atoms with Crippen LogP contribution in [0.3, 0.4) is 0 Å². The summed E-state index contributed by atoms with van der Waals surface area (Å²) in [4.78, 5) is 30.9. The molecule has 0 fully saturated rings. The van der Waals surface area contributed by atoms with Crippen molar-refractivity contribution in [3.05, 3.63) is 76.8 Å². The van der Waals surface area contributed by atoms with Crippen LogP contribution in [0.2, 0.25) is 0 Å². The van der Waals surface area contributed by atoms with E-state index in [1.165, 1.54) is 16.2 Å². The van der Waals surface area contributed by atoms with Gasteiger partial charge in [-0.15, -0.1) is 11.3 Å². The Morgan fingerprint density at radius 2 is 1.86 bits per heavy atom. The van der Waals surface area contributed by atoms with Crippen LogP contribution in [0.4, 0.5) is 5.13 Å². The Morgan fingerprint density at radius 3 is 2.52 bits per heavy atom. The van der Waals surface area contributed by atoms with E-state index in [2.05, 4.69) is 10.3 Å². The summed E-state index contributed by atoms with van der Waals surface area (Å²) in [6.45, 7) is 0.411. The van der Waals surface area contributed by atoms with Gasteiger partial charge in [-0.2, -0.15) is 0 Å². The second-order valence-electron chi connectivity index (χ2n) is 6.16. The van der Waals surface area contributed by atoms with Gasteiger partial charge in [-0.25, -0.2) is 4.98 Å². The van der Waals surface area contributed by atoms with Gasteiger partial charge in [-0.05, 0) is 29.8 Å². The molecule has 0 spiro atoms. The highest BCUT2D eigenvalue weighted by Gasteiger charge is 2.19. The average Bonchev–Trinajstić information content (AvgIpc) is 3.22. The highest BCUT2D eigenvalue weighted by Crippen LogP contribution is 2.19. The third-order valence-electron chi connectivity index (χ3n) is 4.17. The predicted molar refractivity (Wildman–Crippen MR) is 111 cm³/mol. The van der Waals surface area contributed by atoms with Crippen molar-refractivity contribution in [3.8, 4) is 5.75 Å². The highest BCUT2D eigenvalue weighted by molar-refractivity contribution is 7.14. The molecular weight excluding hydrogens is 390 g/mol. The van der Waals surface area contributed by atoms with E-state index in [9.17, 15) is 14.7 Å². The molecule has 0 aliphatic rings. The Balaban J connectivity index is 1.68. The maximum absolute atomic E-state index is 12.8. The molecule has 0 bridgehead atoms. The number of methoxy groups -OCH3 is 1. The van der Waals surface area contributed by atoms with Gasteiger partial charge in [0.15, 0.2) is 5.13 Å². The third-order valence-corrected chi connectivity index (χ3v) is 4.93. The van der Waals surface area contributed by atoms with E-state index in [4.69, 9.17) is 4.74 Å². The number of hydrogen-bond acceptors (Lipinski definition) is 6. The largest absolute Gasteiger partial charge is 0.497 e. The molecule has 3 rings (SSSR count). The topological polar surface area (TPSA) is 91.8 Å². The number of nitrogens with one attached hydrogen (secondary N) is 1. The van der Waals surface area contributed by atoms with Crippen LogP contribution >= 0.6 is 11.3 Å². The number of benzene rings is 2. The number of aliphatic hydroxyl groups is 1. The van der Waals surface area contributed by atoms with Crippen molar-refractivity contribution < 1.29 is 19.4 Å². The lowest BCUT2D eigenvalue weighted by atomic mass is 10.2. The van der Waals surface area contributed by atoms with Gasteiger partial charge in [-0.1, -0.05) is 30.3 Å². The Labute approximate surface area is 172 Å². The van der Waals surface area contributed by atoms with E-state index in [-0.39, 0.29) is 30.7 Å². The molecule has 1 heterocycles. The molecule has 8 heteroatoms. The molecule has 0 radical (unpaired) electrons. The smallest absolute Gasteiger partial charge is 0.273 e. The lowest BCUT2D eigenvalue weighted by Crippen LogP contribution is -2.33. The van der Waals surface area contributed by atoms with E-state index in [0.717, 1.165) is 5.56 Å². The van der Waals surface area contributed by atoms with Crippen LogP contribution in [0.5, 0.6) is 5.75 Å². The fraction of sp³-hybridized carbons (Fsp3) is 0.190. The van der Waals surface area contributed by atoms with Crippen molar-refractivity contribution in [2.45, 2.75) is 6.54 Å². The van der Waals surface area contributed by atoms with Crippen LogP contribution in [0, 0.1) is 0 Å². The van der Waals surface area contributed by atoms with Crippen LogP contribution in [-0.2, 0) is 6.54 Å². The normalized spacial score (nSPS) is 10.4. The van der Waals surface area contributed by atoms with E-state index < -0.39 is 0 Å². The molecular formula is C21H21N3O4S. The number of anilines is 1. The van der Waals surface area contributed by atoms with Crippen molar-refractivity contribution in [1.29, 1.82) is 0 Å². The van der Waals surface area contributed by atoms with Gasteiger partial charge in [-0.3, -0.25) is 14.9 Å². The number of carbonyl (C=O) groups excluding carboxylic acids is 2. The average molecular weight is 411 g/mol. The molecule has 0 saturated carbocycles. The van der Waals surface area contributed by atoms with Crippen LogP contribution < -0.4 is 10.1 Å². The van der Waals surface area contributed by atoms with Crippen molar-refractivity contribution >= 4 is 28.3 Å². The number of amides is 2. The lowest BCUT2D eigenvalue weighted by Gasteiger charge is -2.20. The number of nitrogens with zero attached hydrogens (tertiary/aromatic N) is 2. The lowest BCUT2D eigenvalue weighted by molar-refractivity contribution is 0.0702. The Morgan fingerprint density at radius 1 is 1.14 bits per heavy atom. The highest BCUT2D eigenvalue weighted by atomic mass is 32.1. The van der Waals surface area contributed by atoms with Gasteiger partial charge >= 0.3 is 0 Å². The fourth-order valence-electron chi connectivity index (χ4n) is 2.68. The Kier molecular flexibility index (Phi) is 6.94.